The van der Waals surface area contributed by atoms with Crippen LogP contribution in [-0.4, -0.2) is 26.1 Å². The van der Waals surface area contributed by atoms with Gasteiger partial charge in [-0.15, -0.1) is 0 Å². The molecule has 28 heavy (non-hydrogen) atoms. The second-order valence-corrected chi connectivity index (χ2v) is 8.26. The Kier molecular flexibility index (Phi) is 3.36. The lowest BCUT2D eigenvalue weighted by Crippen LogP contribution is -2.61. The van der Waals surface area contributed by atoms with Crippen molar-refractivity contribution in [2.45, 2.75) is 31.9 Å². The predicted octanol–water partition coefficient (Wildman–Crippen LogP) is 5.38. The topological polar surface area (TPSA) is 34.1 Å². The van der Waals surface area contributed by atoms with Crippen molar-refractivity contribution in [2.75, 3.05) is 19.1 Å². The highest BCUT2D eigenvalue weighted by atomic mass is 16.5. The summed E-state index contributed by atoms with van der Waals surface area (Å²) in [5.74, 6) is 1.62. The molecular weight excluding hydrogens is 348 g/mol. The molecule has 0 aromatic heterocycles. The largest absolute Gasteiger partial charge is 0.497 e. The average molecular weight is 372 g/mol. The zero-order chi connectivity index (χ0) is 19.7. The molecule has 2 aliphatic rings. The van der Waals surface area contributed by atoms with Crippen molar-refractivity contribution in [1.29, 1.82) is 0 Å². The van der Waals surface area contributed by atoms with E-state index in [9.17, 15) is 0 Å². The van der Waals surface area contributed by atoms with Gasteiger partial charge in [-0.3, -0.25) is 4.99 Å². The summed E-state index contributed by atoms with van der Waals surface area (Å²) in [6, 6.07) is 16.8. The third-order valence-electron chi connectivity index (χ3n) is 6.38. The number of hydrogen-bond acceptors (Lipinski definition) is 4. The molecule has 2 aliphatic heterocycles. The molecule has 0 saturated carbocycles. The van der Waals surface area contributed by atoms with Gasteiger partial charge in [-0.1, -0.05) is 29.8 Å². The first-order chi connectivity index (χ1) is 13.4. The van der Waals surface area contributed by atoms with Gasteiger partial charge in [0.25, 0.3) is 0 Å². The first-order valence-corrected chi connectivity index (χ1v) is 9.57. The molecule has 0 fully saturated rings. The van der Waals surface area contributed by atoms with Crippen molar-refractivity contribution in [3.8, 4) is 11.5 Å². The van der Waals surface area contributed by atoms with Crippen LogP contribution >= 0.6 is 0 Å². The summed E-state index contributed by atoms with van der Waals surface area (Å²) in [6.45, 7) is 6.59. The van der Waals surface area contributed by atoms with Crippen molar-refractivity contribution < 1.29 is 9.47 Å². The highest BCUT2D eigenvalue weighted by Gasteiger charge is 2.58. The Hall–Kier alpha value is -3.01. The molecule has 142 valence electrons. The Morgan fingerprint density at radius 2 is 1.82 bits per heavy atom. The highest BCUT2D eigenvalue weighted by molar-refractivity contribution is 6.00. The van der Waals surface area contributed by atoms with Gasteiger partial charge < -0.3 is 14.4 Å². The van der Waals surface area contributed by atoms with Crippen molar-refractivity contribution in [1.82, 2.24) is 0 Å². The third kappa shape index (κ3) is 2.03. The normalized spacial score (nSPS) is 21.5. The van der Waals surface area contributed by atoms with Crippen LogP contribution in [0.25, 0.3) is 10.8 Å². The molecular formula is C24H24N2O2. The fourth-order valence-electron chi connectivity index (χ4n) is 4.63. The van der Waals surface area contributed by atoms with Gasteiger partial charge in [0, 0.05) is 18.1 Å². The second kappa shape index (κ2) is 5.51. The van der Waals surface area contributed by atoms with Crippen molar-refractivity contribution >= 4 is 28.4 Å². The van der Waals surface area contributed by atoms with E-state index in [1.165, 1.54) is 16.8 Å². The van der Waals surface area contributed by atoms with Crippen LogP contribution in [-0.2, 0) is 5.41 Å². The lowest BCUT2D eigenvalue weighted by Gasteiger charge is -2.45. The van der Waals surface area contributed by atoms with Gasteiger partial charge in [-0.25, -0.2) is 0 Å². The number of likely N-dealkylation sites (N-methyl/N-ethyl adjacent to an activating group) is 1. The van der Waals surface area contributed by atoms with Crippen LogP contribution < -0.4 is 14.4 Å². The van der Waals surface area contributed by atoms with Crippen LogP contribution in [0.2, 0.25) is 0 Å². The summed E-state index contributed by atoms with van der Waals surface area (Å²) < 4.78 is 12.2. The molecule has 1 atom stereocenters. The maximum atomic E-state index is 6.75. The molecule has 0 N–H and O–H groups in total. The zero-order valence-corrected chi connectivity index (χ0v) is 16.9. The summed E-state index contributed by atoms with van der Waals surface area (Å²) in [5.41, 5.74) is 3.67. The van der Waals surface area contributed by atoms with E-state index in [1.54, 1.807) is 7.11 Å². The van der Waals surface area contributed by atoms with E-state index < -0.39 is 5.72 Å². The van der Waals surface area contributed by atoms with Crippen molar-refractivity contribution in [2.24, 2.45) is 4.99 Å². The monoisotopic (exact) mass is 372 g/mol. The van der Waals surface area contributed by atoms with Crippen LogP contribution in [0.3, 0.4) is 0 Å². The molecule has 0 bridgehead atoms. The standard InChI is InChI=1S/C24H24N2O2/c1-15-6-10-20-19(12-15)23(2,3)24(26(20)4)14-25-22-18-13-17(27-5)9-7-16(18)8-11-21(22)28-24/h6-14H,1-5H3. The Balaban J connectivity index is 1.69. The molecule has 0 aliphatic carbocycles. The number of aryl methyl sites for hydroxylation is 1. The van der Waals surface area contributed by atoms with Gasteiger partial charge >= 0.3 is 0 Å². The van der Waals surface area contributed by atoms with Gasteiger partial charge in [-0.2, -0.15) is 0 Å². The number of anilines is 1. The summed E-state index contributed by atoms with van der Waals surface area (Å²) in [7, 11) is 3.77. The lowest BCUT2D eigenvalue weighted by atomic mass is 9.77. The number of ether oxygens (including phenoxy) is 2. The summed E-state index contributed by atoms with van der Waals surface area (Å²) in [5, 5.41) is 2.16. The van der Waals surface area contributed by atoms with Gasteiger partial charge in [-0.05, 0) is 56.0 Å². The Labute approximate surface area is 165 Å². The van der Waals surface area contributed by atoms with E-state index in [2.05, 4.69) is 63.1 Å². The number of benzene rings is 3. The van der Waals surface area contributed by atoms with Crippen molar-refractivity contribution in [3.05, 3.63) is 59.7 Å². The molecule has 4 nitrogen and oxygen atoms in total. The van der Waals surface area contributed by atoms with E-state index in [1.807, 2.05) is 24.4 Å². The van der Waals surface area contributed by atoms with Crippen LogP contribution in [0.15, 0.2) is 53.5 Å². The van der Waals surface area contributed by atoms with E-state index in [0.717, 1.165) is 28.0 Å². The summed E-state index contributed by atoms with van der Waals surface area (Å²) >= 11 is 0. The quantitative estimate of drug-likeness (QED) is 0.575. The number of aliphatic imine (C=N–C) groups is 1. The smallest absolute Gasteiger partial charge is 0.228 e. The molecule has 4 heteroatoms. The summed E-state index contributed by atoms with van der Waals surface area (Å²) in [6.07, 6.45) is 1.98. The number of rotatable bonds is 1. The predicted molar refractivity (Wildman–Crippen MR) is 115 cm³/mol. The maximum Gasteiger partial charge on any atom is 0.228 e. The van der Waals surface area contributed by atoms with Gasteiger partial charge in [0.05, 0.1) is 18.7 Å². The van der Waals surface area contributed by atoms with Gasteiger partial charge in [0.15, 0.2) is 0 Å². The third-order valence-corrected chi connectivity index (χ3v) is 6.38. The number of fused-ring (bicyclic) bond motifs is 4. The number of hydrogen-bond donors (Lipinski definition) is 0. The minimum Gasteiger partial charge on any atom is -0.497 e. The number of methoxy groups -OCH3 is 1. The molecule has 2 heterocycles. The average Bonchev–Trinajstić information content (AvgIpc) is 2.85. The van der Waals surface area contributed by atoms with E-state index >= 15 is 0 Å². The highest BCUT2D eigenvalue weighted by Crippen LogP contribution is 2.54. The first-order valence-electron chi connectivity index (χ1n) is 9.57. The Bertz CT molecular complexity index is 1150. The fraction of sp³-hybridized carbons (Fsp3) is 0.292. The van der Waals surface area contributed by atoms with Gasteiger partial charge in [0.1, 0.15) is 17.2 Å². The van der Waals surface area contributed by atoms with E-state index in [-0.39, 0.29) is 5.41 Å². The zero-order valence-electron chi connectivity index (χ0n) is 16.9. The second-order valence-electron chi connectivity index (χ2n) is 8.26. The van der Waals surface area contributed by atoms with E-state index in [4.69, 9.17) is 14.5 Å². The number of nitrogens with zero attached hydrogens (tertiary/aromatic N) is 2. The minimum absolute atomic E-state index is 0.256. The van der Waals surface area contributed by atoms with Crippen molar-refractivity contribution in [3.63, 3.8) is 0 Å². The SMILES string of the molecule is COc1ccc2ccc3c(c2c1)N=CC1(O3)N(C)c2ccc(C)cc2C1(C)C. The minimum atomic E-state index is -0.664. The molecule has 1 unspecified atom stereocenters. The lowest BCUT2D eigenvalue weighted by molar-refractivity contribution is 0.0826. The molecule has 0 amide bonds. The van der Waals surface area contributed by atoms with Crippen LogP contribution in [0.1, 0.15) is 25.0 Å². The van der Waals surface area contributed by atoms with E-state index in [0.29, 0.717) is 0 Å². The molecule has 0 radical (unpaired) electrons. The molecule has 3 aromatic carbocycles. The molecule has 3 aromatic rings. The Morgan fingerprint density at radius 1 is 1.04 bits per heavy atom. The maximum absolute atomic E-state index is 6.75. The molecule has 0 saturated heterocycles. The molecule has 5 rings (SSSR count). The Morgan fingerprint density at radius 3 is 2.61 bits per heavy atom. The van der Waals surface area contributed by atoms with Crippen LogP contribution in [0.4, 0.5) is 11.4 Å². The first kappa shape index (κ1) is 17.1. The molecule has 1 spiro atoms. The summed E-state index contributed by atoms with van der Waals surface area (Å²) in [4.78, 5) is 7.15. The van der Waals surface area contributed by atoms with Crippen LogP contribution in [0.5, 0.6) is 11.5 Å². The van der Waals surface area contributed by atoms with Gasteiger partial charge in [0.2, 0.25) is 5.72 Å². The fourth-order valence-corrected chi connectivity index (χ4v) is 4.63. The van der Waals surface area contributed by atoms with Crippen LogP contribution in [0, 0.1) is 6.92 Å².